The van der Waals surface area contributed by atoms with Gasteiger partial charge in [-0.2, -0.15) is 0 Å². The molecule has 3 N–H and O–H groups in total. The number of hydrogen-bond donors (Lipinski definition) is 2. The first-order valence-electron chi connectivity index (χ1n) is 6.41. The van der Waals surface area contributed by atoms with Crippen LogP contribution in [0.1, 0.15) is 15.9 Å². The zero-order chi connectivity index (χ0) is 16.3. The van der Waals surface area contributed by atoms with Gasteiger partial charge in [-0.05, 0) is 48.9 Å². The first-order valence-corrected chi connectivity index (χ1v) is 7.90. The molecule has 0 aliphatic rings. The number of sulfonamides is 1. The number of nitrogens with two attached hydrogens (primary N) is 1. The van der Waals surface area contributed by atoms with Gasteiger partial charge < -0.3 is 10.5 Å². The van der Waals surface area contributed by atoms with Crippen LogP contribution in [0.15, 0.2) is 47.4 Å². The molecule has 1 amide bonds. The van der Waals surface area contributed by atoms with E-state index in [1.807, 2.05) is 0 Å². The highest BCUT2D eigenvalue weighted by Crippen LogP contribution is 2.23. The number of carbonyl (C=O) groups is 1. The first-order chi connectivity index (χ1) is 10.3. The van der Waals surface area contributed by atoms with E-state index in [0.717, 1.165) is 0 Å². The molecule has 2 aromatic carbocycles. The minimum atomic E-state index is -3.76. The summed E-state index contributed by atoms with van der Waals surface area (Å²) in [6.45, 7) is 1.63. The van der Waals surface area contributed by atoms with Crippen LogP contribution in [0.5, 0.6) is 5.75 Å². The Morgan fingerprint density at radius 1 is 1.14 bits per heavy atom. The highest BCUT2D eigenvalue weighted by atomic mass is 32.2. The van der Waals surface area contributed by atoms with Crippen LogP contribution in [0.2, 0.25) is 0 Å². The van der Waals surface area contributed by atoms with Gasteiger partial charge in [0.1, 0.15) is 5.75 Å². The number of ether oxygens (including phenoxy) is 1. The Morgan fingerprint density at radius 2 is 1.77 bits per heavy atom. The summed E-state index contributed by atoms with van der Waals surface area (Å²) in [5, 5.41) is 0. The van der Waals surface area contributed by atoms with Crippen LogP contribution in [0.4, 0.5) is 5.69 Å². The normalized spacial score (nSPS) is 11.0. The molecule has 7 heteroatoms. The van der Waals surface area contributed by atoms with Crippen LogP contribution in [0, 0.1) is 6.92 Å². The quantitative estimate of drug-likeness (QED) is 0.879. The molecule has 0 unspecified atom stereocenters. The van der Waals surface area contributed by atoms with Gasteiger partial charge in [0.25, 0.3) is 10.0 Å². The third-order valence-corrected chi connectivity index (χ3v) is 4.59. The Labute approximate surface area is 129 Å². The summed E-state index contributed by atoms with van der Waals surface area (Å²) in [7, 11) is -2.26. The summed E-state index contributed by atoms with van der Waals surface area (Å²) in [5.74, 6) is -0.0474. The number of primary amides is 1. The fraction of sp³-hybridized carbons (Fsp3) is 0.133. The van der Waals surface area contributed by atoms with Gasteiger partial charge in [0, 0.05) is 5.56 Å². The zero-order valence-corrected chi connectivity index (χ0v) is 13.0. The lowest BCUT2D eigenvalue weighted by atomic mass is 10.1. The molecule has 0 atom stereocenters. The molecule has 0 aromatic heterocycles. The van der Waals surface area contributed by atoms with Gasteiger partial charge in [-0.3, -0.25) is 9.52 Å². The van der Waals surface area contributed by atoms with Crippen LogP contribution >= 0.6 is 0 Å². The van der Waals surface area contributed by atoms with Crippen LogP contribution in [-0.4, -0.2) is 21.4 Å². The van der Waals surface area contributed by atoms with E-state index in [9.17, 15) is 13.2 Å². The van der Waals surface area contributed by atoms with Crippen molar-refractivity contribution in [2.24, 2.45) is 5.73 Å². The van der Waals surface area contributed by atoms with Crippen molar-refractivity contribution in [3.8, 4) is 5.75 Å². The Morgan fingerprint density at radius 3 is 2.32 bits per heavy atom. The molecule has 0 bridgehead atoms. The third-order valence-electron chi connectivity index (χ3n) is 3.21. The number of benzene rings is 2. The molecule has 0 fully saturated rings. The highest BCUT2D eigenvalue weighted by Gasteiger charge is 2.17. The van der Waals surface area contributed by atoms with Crippen molar-refractivity contribution in [2.45, 2.75) is 11.8 Å². The summed E-state index contributed by atoms with van der Waals surface area (Å²) in [6, 6.07) is 10.7. The zero-order valence-electron chi connectivity index (χ0n) is 12.2. The van der Waals surface area contributed by atoms with E-state index in [2.05, 4.69) is 4.72 Å². The van der Waals surface area contributed by atoms with Crippen molar-refractivity contribution in [2.75, 3.05) is 11.8 Å². The Bertz CT molecular complexity index is 799. The lowest BCUT2D eigenvalue weighted by Gasteiger charge is -2.12. The average molecular weight is 320 g/mol. The maximum absolute atomic E-state index is 12.4. The van der Waals surface area contributed by atoms with Crippen molar-refractivity contribution < 1.29 is 17.9 Å². The molecule has 0 spiro atoms. The first kappa shape index (κ1) is 15.8. The van der Waals surface area contributed by atoms with Crippen LogP contribution in [0.3, 0.4) is 0 Å². The molecular weight excluding hydrogens is 304 g/mol. The Kier molecular flexibility index (Phi) is 4.37. The molecule has 0 aliphatic carbocycles. The van der Waals surface area contributed by atoms with Crippen molar-refractivity contribution in [1.82, 2.24) is 0 Å². The number of amides is 1. The van der Waals surface area contributed by atoms with Gasteiger partial charge in [-0.25, -0.2) is 8.42 Å². The minimum Gasteiger partial charge on any atom is -0.497 e. The fourth-order valence-corrected chi connectivity index (χ4v) is 3.09. The Balaban J connectivity index is 2.36. The monoisotopic (exact) mass is 320 g/mol. The number of hydrogen-bond acceptors (Lipinski definition) is 4. The predicted octanol–water partition coefficient (Wildman–Crippen LogP) is 1.90. The van der Waals surface area contributed by atoms with E-state index in [4.69, 9.17) is 10.5 Å². The Hall–Kier alpha value is -2.54. The van der Waals surface area contributed by atoms with E-state index in [-0.39, 0.29) is 10.5 Å². The second-order valence-corrected chi connectivity index (χ2v) is 6.31. The van der Waals surface area contributed by atoms with Crippen LogP contribution in [0.25, 0.3) is 0 Å². The third kappa shape index (κ3) is 3.20. The van der Waals surface area contributed by atoms with Gasteiger partial charge in [0.2, 0.25) is 5.91 Å². The van der Waals surface area contributed by atoms with E-state index >= 15 is 0 Å². The van der Waals surface area contributed by atoms with Gasteiger partial charge in [-0.1, -0.05) is 6.07 Å². The molecule has 22 heavy (non-hydrogen) atoms. The van der Waals surface area contributed by atoms with Crippen LogP contribution in [-0.2, 0) is 10.0 Å². The molecule has 116 valence electrons. The van der Waals surface area contributed by atoms with Crippen LogP contribution < -0.4 is 15.2 Å². The number of carbonyl (C=O) groups excluding carboxylic acids is 1. The van der Waals surface area contributed by atoms with Crippen molar-refractivity contribution >= 4 is 21.6 Å². The fourth-order valence-electron chi connectivity index (χ4n) is 1.97. The highest BCUT2D eigenvalue weighted by molar-refractivity contribution is 7.92. The lowest BCUT2D eigenvalue weighted by molar-refractivity contribution is 0.0999. The second-order valence-electron chi connectivity index (χ2n) is 4.62. The molecule has 0 heterocycles. The average Bonchev–Trinajstić information content (AvgIpc) is 2.49. The largest absolute Gasteiger partial charge is 0.497 e. The molecule has 6 nitrogen and oxygen atoms in total. The van der Waals surface area contributed by atoms with Gasteiger partial charge in [-0.15, -0.1) is 0 Å². The summed E-state index contributed by atoms with van der Waals surface area (Å²) < 4.78 is 32.2. The minimum absolute atomic E-state index is 0.0946. The molecule has 2 aromatic rings. The van der Waals surface area contributed by atoms with E-state index in [1.54, 1.807) is 37.3 Å². The molecule has 0 aliphatic heterocycles. The summed E-state index contributed by atoms with van der Waals surface area (Å²) >= 11 is 0. The molecule has 0 saturated heterocycles. The smallest absolute Gasteiger partial charge is 0.261 e. The number of methoxy groups -OCH3 is 1. The molecule has 2 rings (SSSR count). The standard InChI is InChI=1S/C15H16N2O4S/c1-10-13(15(16)18)4-3-5-14(10)17-22(19,20)12-8-6-11(21-2)7-9-12/h3-9,17H,1-2H3,(H2,16,18). The molecular formula is C15H16N2O4S. The molecule has 0 saturated carbocycles. The van der Waals surface area contributed by atoms with Crippen molar-refractivity contribution in [3.05, 3.63) is 53.6 Å². The van der Waals surface area contributed by atoms with E-state index in [0.29, 0.717) is 17.0 Å². The van der Waals surface area contributed by atoms with Gasteiger partial charge in [0.05, 0.1) is 17.7 Å². The van der Waals surface area contributed by atoms with Crippen molar-refractivity contribution in [3.63, 3.8) is 0 Å². The summed E-state index contributed by atoms with van der Waals surface area (Å²) in [6.07, 6.45) is 0. The number of nitrogens with one attached hydrogen (secondary N) is 1. The number of rotatable bonds is 5. The molecule has 0 radical (unpaired) electrons. The van der Waals surface area contributed by atoms with E-state index < -0.39 is 15.9 Å². The maximum atomic E-state index is 12.4. The van der Waals surface area contributed by atoms with Crippen molar-refractivity contribution in [1.29, 1.82) is 0 Å². The maximum Gasteiger partial charge on any atom is 0.261 e. The summed E-state index contributed by atoms with van der Waals surface area (Å²) in [5.41, 5.74) is 6.32. The second kappa shape index (κ2) is 6.07. The SMILES string of the molecule is COc1ccc(S(=O)(=O)Nc2cccc(C(N)=O)c2C)cc1. The predicted molar refractivity (Wildman–Crippen MR) is 83.5 cm³/mol. The van der Waals surface area contributed by atoms with Gasteiger partial charge in [0.15, 0.2) is 0 Å². The summed E-state index contributed by atoms with van der Waals surface area (Å²) in [4.78, 5) is 11.4. The van der Waals surface area contributed by atoms with E-state index in [1.165, 1.54) is 19.2 Å². The van der Waals surface area contributed by atoms with Gasteiger partial charge >= 0.3 is 0 Å². The lowest BCUT2D eigenvalue weighted by Crippen LogP contribution is -2.17. The topological polar surface area (TPSA) is 98.5 Å². The number of anilines is 1.